The highest BCUT2D eigenvalue weighted by Gasteiger charge is 2.23. The van der Waals surface area contributed by atoms with Crippen molar-refractivity contribution in [3.63, 3.8) is 0 Å². The van der Waals surface area contributed by atoms with Gasteiger partial charge in [0.15, 0.2) is 5.82 Å². The second-order valence-corrected chi connectivity index (χ2v) is 6.12. The van der Waals surface area contributed by atoms with Crippen molar-refractivity contribution in [2.45, 2.75) is 4.90 Å². The number of hydrogen-bond donors (Lipinski definition) is 2. The minimum atomic E-state index is -4.52. The number of nitrogens with one attached hydrogen (secondary N) is 1. The van der Waals surface area contributed by atoms with Crippen LogP contribution in [0.5, 0.6) is 0 Å². The summed E-state index contributed by atoms with van der Waals surface area (Å²) in [4.78, 5) is -0.865. The van der Waals surface area contributed by atoms with Gasteiger partial charge in [-0.15, -0.1) is 0 Å². The molecule has 0 amide bonds. The lowest BCUT2D eigenvalue weighted by Crippen LogP contribution is -2.16. The predicted octanol–water partition coefficient (Wildman–Crippen LogP) is 3.14. The first-order valence-corrected chi connectivity index (χ1v) is 7.29. The standard InChI is InChI=1S/C12H8ClF3N2O2S/c13-6-3-9(17)12(16)11(4-6)21(19,20)18-10-5-7(14)1-2-8(10)15/h1-5,18H,17H2. The van der Waals surface area contributed by atoms with Crippen molar-refractivity contribution >= 4 is 33.0 Å². The fraction of sp³-hybridized carbons (Fsp3) is 0. The summed E-state index contributed by atoms with van der Waals surface area (Å²) >= 11 is 5.61. The zero-order valence-electron chi connectivity index (χ0n) is 10.2. The molecule has 9 heteroatoms. The van der Waals surface area contributed by atoms with Gasteiger partial charge in [-0.1, -0.05) is 11.6 Å². The van der Waals surface area contributed by atoms with Crippen LogP contribution in [0.4, 0.5) is 24.5 Å². The first-order valence-electron chi connectivity index (χ1n) is 5.43. The molecular formula is C12H8ClF3N2O2S. The Morgan fingerprint density at radius 1 is 1.10 bits per heavy atom. The predicted molar refractivity (Wildman–Crippen MR) is 73.0 cm³/mol. The van der Waals surface area contributed by atoms with Crippen LogP contribution in [-0.2, 0) is 10.0 Å². The van der Waals surface area contributed by atoms with E-state index in [2.05, 4.69) is 0 Å². The van der Waals surface area contributed by atoms with E-state index in [9.17, 15) is 21.6 Å². The molecule has 3 N–H and O–H groups in total. The van der Waals surface area contributed by atoms with E-state index in [1.807, 2.05) is 0 Å². The van der Waals surface area contributed by atoms with Crippen LogP contribution in [0.25, 0.3) is 0 Å². The average Bonchev–Trinajstić information content (AvgIpc) is 2.37. The van der Waals surface area contributed by atoms with Gasteiger partial charge in [0, 0.05) is 11.1 Å². The van der Waals surface area contributed by atoms with Gasteiger partial charge < -0.3 is 5.73 Å². The summed E-state index contributed by atoms with van der Waals surface area (Å²) in [6.45, 7) is 0. The average molecular weight is 337 g/mol. The minimum absolute atomic E-state index is 0.117. The van der Waals surface area contributed by atoms with Gasteiger partial charge in [0.1, 0.15) is 16.5 Å². The van der Waals surface area contributed by atoms with Gasteiger partial charge in [-0.25, -0.2) is 21.6 Å². The van der Waals surface area contributed by atoms with E-state index in [0.717, 1.165) is 24.3 Å². The number of nitrogens with two attached hydrogens (primary N) is 1. The molecule has 0 aliphatic rings. The summed E-state index contributed by atoms with van der Waals surface area (Å²) in [7, 11) is -4.52. The third kappa shape index (κ3) is 3.22. The van der Waals surface area contributed by atoms with E-state index >= 15 is 0 Å². The Kier molecular flexibility index (Phi) is 4.02. The number of rotatable bonds is 3. The molecule has 0 fully saturated rings. The number of sulfonamides is 1. The smallest absolute Gasteiger partial charge is 0.265 e. The lowest BCUT2D eigenvalue weighted by Gasteiger charge is -2.11. The summed E-state index contributed by atoms with van der Waals surface area (Å²) < 4.78 is 66.1. The van der Waals surface area contributed by atoms with Crippen LogP contribution in [0.15, 0.2) is 35.2 Å². The third-order valence-electron chi connectivity index (χ3n) is 2.49. The molecule has 112 valence electrons. The maximum atomic E-state index is 13.8. The molecule has 0 saturated heterocycles. The van der Waals surface area contributed by atoms with Crippen molar-refractivity contribution in [2.24, 2.45) is 0 Å². The van der Waals surface area contributed by atoms with E-state index in [0.29, 0.717) is 6.07 Å². The number of halogens is 4. The molecule has 0 bridgehead atoms. The maximum absolute atomic E-state index is 13.8. The molecule has 2 rings (SSSR count). The Morgan fingerprint density at radius 3 is 2.43 bits per heavy atom. The maximum Gasteiger partial charge on any atom is 0.265 e. The summed E-state index contributed by atoms with van der Waals surface area (Å²) in [6.07, 6.45) is 0. The van der Waals surface area contributed by atoms with E-state index in [1.54, 1.807) is 4.72 Å². The van der Waals surface area contributed by atoms with Gasteiger partial charge in [0.25, 0.3) is 10.0 Å². The van der Waals surface area contributed by atoms with Gasteiger partial charge >= 0.3 is 0 Å². The van der Waals surface area contributed by atoms with Crippen molar-refractivity contribution in [1.29, 1.82) is 0 Å². The van der Waals surface area contributed by atoms with Crippen molar-refractivity contribution in [1.82, 2.24) is 0 Å². The largest absolute Gasteiger partial charge is 0.396 e. The number of nitrogen functional groups attached to an aromatic ring is 1. The molecule has 0 spiro atoms. The van der Waals surface area contributed by atoms with Gasteiger partial charge in [-0.2, -0.15) is 0 Å². The normalized spacial score (nSPS) is 11.4. The summed E-state index contributed by atoms with van der Waals surface area (Å²) in [6, 6.07) is 4.01. The lowest BCUT2D eigenvalue weighted by molar-refractivity contribution is 0.571. The van der Waals surface area contributed by atoms with Gasteiger partial charge in [-0.3, -0.25) is 4.72 Å². The van der Waals surface area contributed by atoms with Crippen molar-refractivity contribution in [3.05, 3.63) is 52.8 Å². The Hall–Kier alpha value is -1.93. The Morgan fingerprint density at radius 2 is 1.76 bits per heavy atom. The Labute approximate surface area is 123 Å². The second-order valence-electron chi connectivity index (χ2n) is 4.04. The summed E-state index contributed by atoms with van der Waals surface area (Å²) in [5.74, 6) is -3.11. The summed E-state index contributed by atoms with van der Waals surface area (Å²) in [5.41, 5.74) is 4.14. The molecule has 2 aromatic rings. The molecule has 0 aromatic heterocycles. The van der Waals surface area contributed by atoms with Crippen LogP contribution < -0.4 is 10.5 Å². The first kappa shape index (κ1) is 15.5. The molecule has 2 aromatic carbocycles. The van der Waals surface area contributed by atoms with E-state index in [-0.39, 0.29) is 5.02 Å². The zero-order chi connectivity index (χ0) is 15.8. The molecular weight excluding hydrogens is 329 g/mol. The fourth-order valence-electron chi connectivity index (χ4n) is 1.56. The number of hydrogen-bond acceptors (Lipinski definition) is 3. The van der Waals surface area contributed by atoms with Gasteiger partial charge in [0.2, 0.25) is 0 Å². The van der Waals surface area contributed by atoms with Crippen LogP contribution >= 0.6 is 11.6 Å². The van der Waals surface area contributed by atoms with E-state index in [4.69, 9.17) is 17.3 Å². The van der Waals surface area contributed by atoms with Gasteiger partial charge in [-0.05, 0) is 24.3 Å². The molecule has 0 saturated carbocycles. The minimum Gasteiger partial charge on any atom is -0.396 e. The fourth-order valence-corrected chi connectivity index (χ4v) is 3.04. The van der Waals surface area contributed by atoms with E-state index < -0.39 is 43.7 Å². The van der Waals surface area contributed by atoms with Crippen LogP contribution in [0.1, 0.15) is 0 Å². The van der Waals surface area contributed by atoms with Crippen LogP contribution in [0.2, 0.25) is 5.02 Å². The quantitative estimate of drug-likeness (QED) is 0.846. The molecule has 0 unspecified atom stereocenters. The zero-order valence-corrected chi connectivity index (χ0v) is 11.8. The first-order chi connectivity index (χ1) is 9.70. The molecule has 0 aliphatic heterocycles. The lowest BCUT2D eigenvalue weighted by atomic mass is 10.3. The van der Waals surface area contributed by atoms with Crippen LogP contribution in [-0.4, -0.2) is 8.42 Å². The monoisotopic (exact) mass is 336 g/mol. The molecule has 0 radical (unpaired) electrons. The second kappa shape index (κ2) is 5.45. The van der Waals surface area contributed by atoms with E-state index in [1.165, 1.54) is 0 Å². The highest BCUT2D eigenvalue weighted by molar-refractivity contribution is 7.92. The van der Waals surface area contributed by atoms with Crippen molar-refractivity contribution in [3.8, 4) is 0 Å². The molecule has 0 aliphatic carbocycles. The van der Waals surface area contributed by atoms with Crippen LogP contribution in [0, 0.1) is 17.5 Å². The van der Waals surface area contributed by atoms with Crippen LogP contribution in [0.3, 0.4) is 0 Å². The SMILES string of the molecule is Nc1cc(Cl)cc(S(=O)(=O)Nc2cc(F)ccc2F)c1F. The highest BCUT2D eigenvalue weighted by Crippen LogP contribution is 2.27. The number of benzene rings is 2. The summed E-state index contributed by atoms with van der Waals surface area (Å²) in [5, 5.41) is -0.117. The third-order valence-corrected chi connectivity index (χ3v) is 4.08. The van der Waals surface area contributed by atoms with Crippen molar-refractivity contribution < 1.29 is 21.6 Å². The molecule has 21 heavy (non-hydrogen) atoms. The molecule has 4 nitrogen and oxygen atoms in total. The molecule has 0 heterocycles. The number of anilines is 2. The Bertz CT molecular complexity index is 812. The topological polar surface area (TPSA) is 72.2 Å². The highest BCUT2D eigenvalue weighted by atomic mass is 35.5. The van der Waals surface area contributed by atoms with Crippen molar-refractivity contribution in [2.75, 3.05) is 10.5 Å². The molecule has 0 atom stereocenters. The van der Waals surface area contributed by atoms with Gasteiger partial charge in [0.05, 0.1) is 11.4 Å². The Balaban J connectivity index is 2.51.